The van der Waals surface area contributed by atoms with Crippen LogP contribution in [-0.4, -0.2) is 34.1 Å². The third kappa shape index (κ3) is 3.57. The van der Waals surface area contributed by atoms with Gasteiger partial charge in [-0.25, -0.2) is 9.48 Å². The highest BCUT2D eigenvalue weighted by molar-refractivity contribution is 7.98. The Morgan fingerprint density at radius 3 is 2.51 bits per heavy atom. The van der Waals surface area contributed by atoms with E-state index in [0.29, 0.717) is 11.5 Å². The van der Waals surface area contributed by atoms with Crippen LogP contribution in [0, 0.1) is 0 Å². The van der Waals surface area contributed by atoms with Gasteiger partial charge in [0.2, 0.25) is 5.95 Å². The third-order valence-corrected chi connectivity index (χ3v) is 7.13. The van der Waals surface area contributed by atoms with Gasteiger partial charge in [0.25, 0.3) is 0 Å². The zero-order valence-electron chi connectivity index (χ0n) is 19.1. The summed E-state index contributed by atoms with van der Waals surface area (Å²) in [5.41, 5.74) is 5.48. The minimum absolute atomic E-state index is 0.224. The molecule has 0 bridgehead atoms. The van der Waals surface area contributed by atoms with E-state index in [0.717, 1.165) is 33.7 Å². The molecule has 1 N–H and O–H groups in total. The second-order valence-corrected chi connectivity index (χ2v) is 9.15. The van der Waals surface area contributed by atoms with Crippen LogP contribution in [0.25, 0.3) is 5.70 Å². The first-order chi connectivity index (χ1) is 17.2. The SMILES string of the molecule is COC(=O)c1ccc([C@@H]2Oc3ccccc3C3=C2[C@H](c2ccc(SC)cc2)n2ncnc2N3)cc1. The Morgan fingerprint density at radius 2 is 1.77 bits per heavy atom. The number of benzene rings is 3. The van der Waals surface area contributed by atoms with Gasteiger partial charge in [0.1, 0.15) is 24.2 Å². The molecule has 2 aliphatic rings. The standard InChI is InChI=1S/C27H22N4O3S/c1-33-26(32)18-9-7-17(8-10-18)25-22-23(20-5-3-4-6-21(20)34-25)30-27-28-15-29-31(27)24(22)16-11-13-19(35-2)14-12-16/h3-15,24-25H,1-2H3,(H,28,29,30)/t24-,25-/m0/s1. The predicted octanol–water partition coefficient (Wildman–Crippen LogP) is 5.35. The maximum Gasteiger partial charge on any atom is 0.337 e. The number of hydrogen-bond donors (Lipinski definition) is 1. The fraction of sp³-hybridized carbons (Fsp3) is 0.148. The van der Waals surface area contributed by atoms with E-state index in [4.69, 9.17) is 9.47 Å². The molecule has 6 rings (SSSR count). The Labute approximate surface area is 206 Å². The average Bonchev–Trinajstić information content (AvgIpc) is 3.39. The van der Waals surface area contributed by atoms with Crippen LogP contribution in [0.4, 0.5) is 5.95 Å². The average molecular weight is 483 g/mol. The molecule has 0 saturated heterocycles. The summed E-state index contributed by atoms with van der Waals surface area (Å²) in [6.07, 6.45) is 3.23. The first kappa shape index (κ1) is 21.5. The molecule has 2 aliphatic heterocycles. The van der Waals surface area contributed by atoms with Gasteiger partial charge < -0.3 is 14.8 Å². The Kier molecular flexibility index (Phi) is 5.30. The molecule has 0 saturated carbocycles. The number of anilines is 1. The van der Waals surface area contributed by atoms with Crippen LogP contribution >= 0.6 is 11.8 Å². The van der Waals surface area contributed by atoms with E-state index < -0.39 is 6.10 Å². The lowest BCUT2D eigenvalue weighted by Gasteiger charge is -2.39. The minimum Gasteiger partial charge on any atom is -0.480 e. The maximum absolute atomic E-state index is 12.0. The summed E-state index contributed by atoms with van der Waals surface area (Å²) in [7, 11) is 1.38. The van der Waals surface area contributed by atoms with E-state index in [9.17, 15) is 4.79 Å². The van der Waals surface area contributed by atoms with Crippen LogP contribution in [0.3, 0.4) is 0 Å². The van der Waals surface area contributed by atoms with Crippen LogP contribution in [0.1, 0.15) is 39.2 Å². The van der Waals surface area contributed by atoms with Gasteiger partial charge in [-0.3, -0.25) is 0 Å². The third-order valence-electron chi connectivity index (χ3n) is 6.39. The number of methoxy groups -OCH3 is 1. The number of aromatic nitrogens is 3. The summed E-state index contributed by atoms with van der Waals surface area (Å²) >= 11 is 1.71. The van der Waals surface area contributed by atoms with Crippen molar-refractivity contribution >= 4 is 29.4 Å². The summed E-state index contributed by atoms with van der Waals surface area (Å²) in [4.78, 5) is 17.7. The van der Waals surface area contributed by atoms with E-state index in [1.165, 1.54) is 12.0 Å². The summed E-state index contributed by atoms with van der Waals surface area (Å²) < 4.78 is 13.4. The quantitative estimate of drug-likeness (QED) is 0.310. The van der Waals surface area contributed by atoms with Crippen molar-refractivity contribution < 1.29 is 14.3 Å². The van der Waals surface area contributed by atoms with Crippen LogP contribution < -0.4 is 10.1 Å². The molecule has 2 atom stereocenters. The fourth-order valence-electron chi connectivity index (χ4n) is 4.71. The Balaban J connectivity index is 1.55. The van der Waals surface area contributed by atoms with Crippen molar-refractivity contribution in [2.45, 2.75) is 17.0 Å². The lowest BCUT2D eigenvalue weighted by Crippen LogP contribution is -2.32. The number of hydrogen-bond acceptors (Lipinski definition) is 7. The Bertz CT molecular complexity index is 1440. The largest absolute Gasteiger partial charge is 0.480 e. The molecule has 1 aromatic heterocycles. The number of carbonyl (C=O) groups excluding carboxylic acids is 1. The van der Waals surface area contributed by atoms with Crippen LogP contribution in [0.5, 0.6) is 5.75 Å². The van der Waals surface area contributed by atoms with Gasteiger partial charge in [-0.15, -0.1) is 11.8 Å². The van der Waals surface area contributed by atoms with E-state index in [2.05, 4.69) is 45.9 Å². The normalized spacial score (nSPS) is 18.0. The topological polar surface area (TPSA) is 78.3 Å². The molecular formula is C27H22N4O3S. The zero-order chi connectivity index (χ0) is 23.9. The highest BCUT2D eigenvalue weighted by Gasteiger charge is 2.40. The molecule has 0 unspecified atom stereocenters. The molecule has 4 aromatic rings. The Morgan fingerprint density at radius 1 is 1.03 bits per heavy atom. The molecule has 0 radical (unpaired) electrons. The molecular weight excluding hydrogens is 460 g/mol. The predicted molar refractivity (Wildman–Crippen MR) is 135 cm³/mol. The monoisotopic (exact) mass is 482 g/mol. The van der Waals surface area contributed by atoms with Gasteiger partial charge in [0.15, 0.2) is 0 Å². The van der Waals surface area contributed by atoms with Gasteiger partial charge in [-0.2, -0.15) is 10.1 Å². The summed E-state index contributed by atoms with van der Waals surface area (Å²) in [6, 6.07) is 23.6. The van der Waals surface area contributed by atoms with Crippen molar-refractivity contribution in [2.24, 2.45) is 0 Å². The van der Waals surface area contributed by atoms with Crippen molar-refractivity contribution in [3.63, 3.8) is 0 Å². The van der Waals surface area contributed by atoms with Crippen molar-refractivity contribution in [1.82, 2.24) is 14.8 Å². The lowest BCUT2D eigenvalue weighted by atomic mass is 9.84. The lowest BCUT2D eigenvalue weighted by molar-refractivity contribution is 0.0600. The van der Waals surface area contributed by atoms with Crippen LogP contribution in [0.15, 0.2) is 89.6 Å². The van der Waals surface area contributed by atoms with Gasteiger partial charge in [-0.1, -0.05) is 36.4 Å². The van der Waals surface area contributed by atoms with E-state index in [-0.39, 0.29) is 12.0 Å². The van der Waals surface area contributed by atoms with Crippen LogP contribution in [0.2, 0.25) is 0 Å². The zero-order valence-corrected chi connectivity index (χ0v) is 20.0. The summed E-state index contributed by atoms with van der Waals surface area (Å²) in [5, 5.41) is 8.07. The van der Waals surface area contributed by atoms with Crippen molar-refractivity contribution in [3.05, 3.63) is 107 Å². The molecule has 7 nitrogen and oxygen atoms in total. The molecule has 3 aromatic carbocycles. The number of thioether (sulfide) groups is 1. The number of carbonyl (C=O) groups is 1. The molecule has 0 amide bonds. The number of nitrogens with one attached hydrogen (secondary N) is 1. The molecule has 8 heteroatoms. The van der Waals surface area contributed by atoms with Crippen LogP contribution in [-0.2, 0) is 4.74 Å². The van der Waals surface area contributed by atoms with E-state index in [1.54, 1.807) is 30.2 Å². The maximum atomic E-state index is 12.0. The summed E-state index contributed by atoms with van der Waals surface area (Å²) in [6.45, 7) is 0. The van der Waals surface area contributed by atoms with Gasteiger partial charge in [-0.05, 0) is 53.8 Å². The van der Waals surface area contributed by atoms with E-state index >= 15 is 0 Å². The van der Waals surface area contributed by atoms with Crippen molar-refractivity contribution in [1.29, 1.82) is 0 Å². The highest BCUT2D eigenvalue weighted by Crippen LogP contribution is 2.50. The minimum atomic E-state index is -0.401. The van der Waals surface area contributed by atoms with Gasteiger partial charge in [0.05, 0.1) is 18.4 Å². The fourth-order valence-corrected chi connectivity index (χ4v) is 5.12. The molecule has 0 aliphatic carbocycles. The number of para-hydroxylation sites is 1. The first-order valence-corrected chi connectivity index (χ1v) is 12.4. The van der Waals surface area contributed by atoms with Gasteiger partial charge in [0, 0.05) is 16.0 Å². The summed E-state index contributed by atoms with van der Waals surface area (Å²) in [5.74, 6) is 1.09. The molecule has 174 valence electrons. The smallest absolute Gasteiger partial charge is 0.337 e. The Hall–Kier alpha value is -4.04. The second kappa shape index (κ2) is 8.63. The second-order valence-electron chi connectivity index (χ2n) is 8.27. The molecule has 3 heterocycles. The van der Waals surface area contributed by atoms with Crippen molar-refractivity contribution in [3.8, 4) is 5.75 Å². The van der Waals surface area contributed by atoms with Gasteiger partial charge >= 0.3 is 5.97 Å². The van der Waals surface area contributed by atoms with Crippen molar-refractivity contribution in [2.75, 3.05) is 18.7 Å². The molecule has 35 heavy (non-hydrogen) atoms. The number of esters is 1. The first-order valence-electron chi connectivity index (χ1n) is 11.2. The van der Waals surface area contributed by atoms with E-state index in [1.807, 2.05) is 41.1 Å². The number of ether oxygens (including phenoxy) is 2. The number of rotatable bonds is 4. The number of nitrogens with zero attached hydrogens (tertiary/aromatic N) is 3. The number of fused-ring (bicyclic) bond motifs is 3. The highest BCUT2D eigenvalue weighted by atomic mass is 32.2. The molecule has 0 fully saturated rings. The molecule has 0 spiro atoms.